The molecule has 0 radical (unpaired) electrons. The Balaban J connectivity index is 2.70. The number of rotatable bonds is 2. The highest BCUT2D eigenvalue weighted by Crippen LogP contribution is 2.22. The molecule has 0 fully saturated rings. The molecule has 0 unspecified atom stereocenters. The SMILES string of the molecule is CC#CCOc1ccc(C)nc1Br. The Bertz CT molecular complexity index is 352. The summed E-state index contributed by atoms with van der Waals surface area (Å²) in [6, 6.07) is 3.78. The topological polar surface area (TPSA) is 22.1 Å². The summed E-state index contributed by atoms with van der Waals surface area (Å²) in [4.78, 5) is 4.20. The third-order valence-electron chi connectivity index (χ3n) is 1.43. The van der Waals surface area contributed by atoms with Crippen LogP contribution < -0.4 is 4.74 Å². The molecule has 0 spiro atoms. The zero-order chi connectivity index (χ0) is 9.68. The van der Waals surface area contributed by atoms with Gasteiger partial charge in [-0.2, -0.15) is 0 Å². The van der Waals surface area contributed by atoms with E-state index in [0.717, 1.165) is 16.0 Å². The Morgan fingerprint density at radius 1 is 1.54 bits per heavy atom. The van der Waals surface area contributed by atoms with Gasteiger partial charge >= 0.3 is 0 Å². The van der Waals surface area contributed by atoms with Crippen LogP contribution in [0.4, 0.5) is 0 Å². The van der Waals surface area contributed by atoms with Crippen LogP contribution in [0.25, 0.3) is 0 Å². The number of ether oxygens (including phenoxy) is 1. The predicted octanol–water partition coefficient (Wildman–Crippen LogP) is 2.55. The van der Waals surface area contributed by atoms with Crippen molar-refractivity contribution in [2.75, 3.05) is 6.61 Å². The van der Waals surface area contributed by atoms with Gasteiger partial charge in [0, 0.05) is 5.69 Å². The number of hydrogen-bond donors (Lipinski definition) is 0. The second kappa shape index (κ2) is 4.88. The molecule has 1 rings (SSSR count). The molecule has 0 aliphatic carbocycles. The van der Waals surface area contributed by atoms with Gasteiger partial charge < -0.3 is 4.74 Å². The fourth-order valence-corrected chi connectivity index (χ4v) is 1.33. The minimum atomic E-state index is 0.403. The molecule has 0 amide bonds. The first-order valence-corrected chi connectivity index (χ1v) is 4.69. The molecule has 0 bridgehead atoms. The summed E-state index contributed by atoms with van der Waals surface area (Å²) in [6.45, 7) is 4.12. The maximum absolute atomic E-state index is 5.35. The van der Waals surface area contributed by atoms with Crippen molar-refractivity contribution in [3.63, 3.8) is 0 Å². The van der Waals surface area contributed by atoms with Gasteiger partial charge in [-0.3, -0.25) is 0 Å². The van der Waals surface area contributed by atoms with Gasteiger partial charge in [-0.15, -0.1) is 5.92 Å². The molecule has 68 valence electrons. The highest BCUT2D eigenvalue weighted by atomic mass is 79.9. The predicted molar refractivity (Wildman–Crippen MR) is 55.6 cm³/mol. The number of nitrogens with zero attached hydrogens (tertiary/aromatic N) is 1. The van der Waals surface area contributed by atoms with Crippen LogP contribution >= 0.6 is 15.9 Å². The van der Waals surface area contributed by atoms with Crippen molar-refractivity contribution in [1.29, 1.82) is 0 Å². The van der Waals surface area contributed by atoms with E-state index in [1.807, 2.05) is 19.1 Å². The largest absolute Gasteiger partial charge is 0.478 e. The van der Waals surface area contributed by atoms with Gasteiger partial charge in [-0.05, 0) is 41.9 Å². The molecule has 0 aromatic carbocycles. The summed E-state index contributed by atoms with van der Waals surface area (Å²) >= 11 is 3.31. The summed E-state index contributed by atoms with van der Waals surface area (Å²) < 4.78 is 6.08. The minimum absolute atomic E-state index is 0.403. The highest BCUT2D eigenvalue weighted by molar-refractivity contribution is 9.10. The lowest BCUT2D eigenvalue weighted by Crippen LogP contribution is -1.96. The smallest absolute Gasteiger partial charge is 0.153 e. The van der Waals surface area contributed by atoms with E-state index in [2.05, 4.69) is 32.8 Å². The molecule has 0 atom stereocenters. The van der Waals surface area contributed by atoms with Crippen molar-refractivity contribution >= 4 is 15.9 Å². The molecule has 0 saturated heterocycles. The zero-order valence-corrected chi connectivity index (χ0v) is 9.18. The Labute approximate surface area is 86.5 Å². The lowest BCUT2D eigenvalue weighted by Gasteiger charge is -2.03. The molecule has 2 nitrogen and oxygen atoms in total. The van der Waals surface area contributed by atoms with Crippen LogP contribution in [0.5, 0.6) is 5.75 Å². The highest BCUT2D eigenvalue weighted by Gasteiger charge is 2.00. The number of halogens is 1. The second-order valence-corrected chi connectivity index (χ2v) is 3.21. The van der Waals surface area contributed by atoms with Crippen molar-refractivity contribution in [2.45, 2.75) is 13.8 Å². The van der Waals surface area contributed by atoms with Gasteiger partial charge in [0.2, 0.25) is 0 Å². The normalized spacial score (nSPS) is 8.85. The van der Waals surface area contributed by atoms with Crippen LogP contribution in [0.15, 0.2) is 16.7 Å². The molecule has 0 N–H and O–H groups in total. The first-order chi connectivity index (χ1) is 6.24. The van der Waals surface area contributed by atoms with Crippen molar-refractivity contribution in [3.05, 3.63) is 22.4 Å². The Morgan fingerprint density at radius 3 is 2.92 bits per heavy atom. The maximum atomic E-state index is 5.35. The van der Waals surface area contributed by atoms with Gasteiger partial charge in [-0.1, -0.05) is 5.92 Å². The summed E-state index contributed by atoms with van der Waals surface area (Å²) in [5.74, 6) is 6.31. The lowest BCUT2D eigenvalue weighted by molar-refractivity contribution is 0.365. The number of pyridine rings is 1. The molecule has 3 heteroatoms. The molecule has 1 aromatic rings. The summed E-state index contributed by atoms with van der Waals surface area (Å²) in [5.41, 5.74) is 0.959. The molecule has 1 heterocycles. The third kappa shape index (κ3) is 3.08. The quantitative estimate of drug-likeness (QED) is 0.585. The molecule has 0 saturated carbocycles. The van der Waals surface area contributed by atoms with Crippen LogP contribution in [-0.2, 0) is 0 Å². The molecule has 0 aliphatic heterocycles. The van der Waals surface area contributed by atoms with Crippen LogP contribution in [0.3, 0.4) is 0 Å². The fraction of sp³-hybridized carbons (Fsp3) is 0.300. The van der Waals surface area contributed by atoms with E-state index in [1.54, 1.807) is 6.92 Å². The van der Waals surface area contributed by atoms with E-state index in [-0.39, 0.29) is 0 Å². The average molecular weight is 240 g/mol. The third-order valence-corrected chi connectivity index (χ3v) is 2.00. The van der Waals surface area contributed by atoms with E-state index in [9.17, 15) is 0 Å². The Morgan fingerprint density at radius 2 is 2.31 bits per heavy atom. The molecular formula is C10H10BrNO. The molecule has 1 aromatic heterocycles. The van der Waals surface area contributed by atoms with Crippen LogP contribution in [0.1, 0.15) is 12.6 Å². The van der Waals surface area contributed by atoms with E-state index >= 15 is 0 Å². The average Bonchev–Trinajstić information content (AvgIpc) is 2.09. The van der Waals surface area contributed by atoms with Crippen molar-refractivity contribution in [2.24, 2.45) is 0 Å². The molecular weight excluding hydrogens is 230 g/mol. The maximum Gasteiger partial charge on any atom is 0.153 e. The van der Waals surface area contributed by atoms with Crippen molar-refractivity contribution < 1.29 is 4.74 Å². The number of aryl methyl sites for hydroxylation is 1. The van der Waals surface area contributed by atoms with Crippen molar-refractivity contribution in [1.82, 2.24) is 4.98 Å². The fourth-order valence-electron chi connectivity index (χ4n) is 0.806. The lowest BCUT2D eigenvalue weighted by atomic mass is 10.4. The Hall–Kier alpha value is -1.01. The van der Waals surface area contributed by atoms with Gasteiger partial charge in [0.15, 0.2) is 5.75 Å². The van der Waals surface area contributed by atoms with E-state index in [0.29, 0.717) is 6.61 Å². The van der Waals surface area contributed by atoms with Gasteiger partial charge in [0.1, 0.15) is 11.2 Å². The second-order valence-electron chi connectivity index (χ2n) is 2.46. The van der Waals surface area contributed by atoms with Crippen LogP contribution in [0.2, 0.25) is 0 Å². The van der Waals surface area contributed by atoms with Crippen LogP contribution in [-0.4, -0.2) is 11.6 Å². The Kier molecular flexibility index (Phi) is 3.78. The molecule has 0 aliphatic rings. The first kappa shape index (κ1) is 10.1. The standard InChI is InChI=1S/C10H10BrNO/c1-3-4-7-13-9-6-5-8(2)12-10(9)11/h5-6H,7H2,1-2H3. The van der Waals surface area contributed by atoms with Crippen molar-refractivity contribution in [3.8, 4) is 17.6 Å². The number of hydrogen-bond acceptors (Lipinski definition) is 2. The van der Waals surface area contributed by atoms with Gasteiger partial charge in [0.05, 0.1) is 0 Å². The zero-order valence-electron chi connectivity index (χ0n) is 7.60. The van der Waals surface area contributed by atoms with E-state index < -0.39 is 0 Å². The monoisotopic (exact) mass is 239 g/mol. The van der Waals surface area contributed by atoms with Gasteiger partial charge in [0.25, 0.3) is 0 Å². The summed E-state index contributed by atoms with van der Waals surface area (Å²) in [5, 5.41) is 0. The molecule has 13 heavy (non-hydrogen) atoms. The summed E-state index contributed by atoms with van der Waals surface area (Å²) in [6.07, 6.45) is 0. The first-order valence-electron chi connectivity index (χ1n) is 3.89. The number of aromatic nitrogens is 1. The van der Waals surface area contributed by atoms with Gasteiger partial charge in [-0.25, -0.2) is 4.98 Å². The van der Waals surface area contributed by atoms with E-state index in [1.165, 1.54) is 0 Å². The van der Waals surface area contributed by atoms with Crippen LogP contribution in [0, 0.1) is 18.8 Å². The summed E-state index contributed by atoms with van der Waals surface area (Å²) in [7, 11) is 0. The van der Waals surface area contributed by atoms with E-state index in [4.69, 9.17) is 4.74 Å². The minimum Gasteiger partial charge on any atom is -0.478 e.